The van der Waals surface area contributed by atoms with Gasteiger partial charge < -0.3 is 5.32 Å². The molecule has 142 valence electrons. The minimum Gasteiger partial charge on any atom is -0.324 e. The number of benzene rings is 1. The fraction of sp³-hybridized carbons (Fsp3) is 0.588. The first-order valence-electron chi connectivity index (χ1n) is 8.50. The maximum atomic E-state index is 12.6. The SMILES string of the molecule is CCCCSC(C)C(=O)Nc1cc(S(=O)(=O)N(CC)CC)ccc1Cl. The number of carbonyl (C=O) groups excluding carboxylic acids is 1. The number of hydrogen-bond acceptors (Lipinski definition) is 4. The molecule has 0 spiro atoms. The second-order valence-electron chi connectivity index (χ2n) is 5.59. The summed E-state index contributed by atoms with van der Waals surface area (Å²) in [5.41, 5.74) is 0.322. The summed E-state index contributed by atoms with van der Waals surface area (Å²) in [4.78, 5) is 12.4. The van der Waals surface area contributed by atoms with Crippen LogP contribution >= 0.6 is 23.4 Å². The van der Waals surface area contributed by atoms with Gasteiger partial charge in [-0.05, 0) is 37.3 Å². The van der Waals surface area contributed by atoms with Gasteiger partial charge in [-0.3, -0.25) is 4.79 Å². The largest absolute Gasteiger partial charge is 0.324 e. The Morgan fingerprint density at radius 3 is 2.48 bits per heavy atom. The monoisotopic (exact) mass is 406 g/mol. The molecule has 0 heterocycles. The third-order valence-corrected chi connectivity index (χ3v) is 7.39. The molecule has 25 heavy (non-hydrogen) atoms. The summed E-state index contributed by atoms with van der Waals surface area (Å²) in [5, 5.41) is 2.84. The maximum Gasteiger partial charge on any atom is 0.243 e. The maximum absolute atomic E-state index is 12.6. The normalized spacial score (nSPS) is 13.0. The quantitative estimate of drug-likeness (QED) is 0.590. The van der Waals surface area contributed by atoms with Gasteiger partial charge in [0, 0.05) is 13.1 Å². The number of halogens is 1. The van der Waals surface area contributed by atoms with E-state index in [4.69, 9.17) is 11.6 Å². The van der Waals surface area contributed by atoms with Crippen molar-refractivity contribution in [3.05, 3.63) is 23.2 Å². The Balaban J connectivity index is 2.97. The van der Waals surface area contributed by atoms with Crippen LogP contribution in [0, 0.1) is 0 Å². The van der Waals surface area contributed by atoms with E-state index in [1.54, 1.807) is 25.6 Å². The Morgan fingerprint density at radius 2 is 1.92 bits per heavy atom. The van der Waals surface area contributed by atoms with Crippen molar-refractivity contribution in [3.8, 4) is 0 Å². The van der Waals surface area contributed by atoms with Crippen LogP contribution in [0.2, 0.25) is 5.02 Å². The van der Waals surface area contributed by atoms with Crippen LogP contribution < -0.4 is 5.32 Å². The van der Waals surface area contributed by atoms with E-state index in [0.29, 0.717) is 23.8 Å². The van der Waals surface area contributed by atoms with Gasteiger partial charge in [0.1, 0.15) is 0 Å². The lowest BCUT2D eigenvalue weighted by Gasteiger charge is -2.19. The molecule has 5 nitrogen and oxygen atoms in total. The molecule has 0 radical (unpaired) electrons. The van der Waals surface area contributed by atoms with Gasteiger partial charge in [-0.15, -0.1) is 11.8 Å². The highest BCUT2D eigenvalue weighted by molar-refractivity contribution is 8.00. The van der Waals surface area contributed by atoms with E-state index in [1.165, 1.54) is 22.5 Å². The van der Waals surface area contributed by atoms with Crippen LogP contribution in [0.4, 0.5) is 5.69 Å². The average Bonchev–Trinajstić information content (AvgIpc) is 2.57. The molecule has 0 aromatic heterocycles. The van der Waals surface area contributed by atoms with E-state index in [9.17, 15) is 13.2 Å². The summed E-state index contributed by atoms with van der Waals surface area (Å²) in [6, 6.07) is 4.39. The van der Waals surface area contributed by atoms with Crippen LogP contribution in [0.25, 0.3) is 0 Å². The van der Waals surface area contributed by atoms with Crippen LogP contribution in [-0.2, 0) is 14.8 Å². The van der Waals surface area contributed by atoms with E-state index < -0.39 is 10.0 Å². The fourth-order valence-electron chi connectivity index (χ4n) is 2.19. The Kier molecular flexibility index (Phi) is 9.27. The lowest BCUT2D eigenvalue weighted by atomic mass is 10.3. The second kappa shape index (κ2) is 10.4. The highest BCUT2D eigenvalue weighted by Crippen LogP contribution is 2.28. The Bertz CT molecular complexity index is 676. The van der Waals surface area contributed by atoms with E-state index >= 15 is 0 Å². The number of sulfonamides is 1. The van der Waals surface area contributed by atoms with E-state index in [-0.39, 0.29) is 16.1 Å². The number of hydrogen-bond donors (Lipinski definition) is 1. The van der Waals surface area contributed by atoms with Crippen LogP contribution in [0.15, 0.2) is 23.1 Å². The summed E-state index contributed by atoms with van der Waals surface area (Å²) < 4.78 is 26.6. The summed E-state index contributed by atoms with van der Waals surface area (Å²) in [6.07, 6.45) is 2.14. The highest BCUT2D eigenvalue weighted by Gasteiger charge is 2.23. The Labute approximate surface area is 160 Å². The third-order valence-electron chi connectivity index (χ3n) is 3.77. The first-order chi connectivity index (χ1) is 11.8. The summed E-state index contributed by atoms with van der Waals surface area (Å²) in [7, 11) is -3.60. The van der Waals surface area contributed by atoms with E-state index in [1.807, 2.05) is 6.92 Å². The van der Waals surface area contributed by atoms with Crippen LogP contribution in [0.5, 0.6) is 0 Å². The van der Waals surface area contributed by atoms with Crippen molar-refractivity contribution in [2.24, 2.45) is 0 Å². The molecule has 1 atom stereocenters. The molecule has 1 amide bonds. The molecule has 8 heteroatoms. The van der Waals surface area contributed by atoms with Gasteiger partial charge in [0.2, 0.25) is 15.9 Å². The number of anilines is 1. The highest BCUT2D eigenvalue weighted by atomic mass is 35.5. The standard InChI is InChI=1S/C17H27ClN2O3S2/c1-5-8-11-24-13(4)17(21)19-16-12-14(9-10-15(16)18)25(22,23)20(6-2)7-3/h9-10,12-13H,5-8,11H2,1-4H3,(H,19,21). The molecule has 0 aliphatic carbocycles. The van der Waals surface area contributed by atoms with Crippen molar-refractivity contribution in [1.29, 1.82) is 0 Å². The summed E-state index contributed by atoms with van der Waals surface area (Å²) in [5.74, 6) is 0.732. The van der Waals surface area contributed by atoms with Gasteiger partial charge in [0.25, 0.3) is 0 Å². The number of nitrogens with zero attached hydrogens (tertiary/aromatic N) is 1. The number of carbonyl (C=O) groups is 1. The van der Waals surface area contributed by atoms with Crippen molar-refractivity contribution in [2.45, 2.75) is 50.7 Å². The second-order valence-corrected chi connectivity index (χ2v) is 9.38. The van der Waals surface area contributed by atoms with Crippen molar-refractivity contribution in [2.75, 3.05) is 24.2 Å². The number of unbranched alkanes of at least 4 members (excludes halogenated alkanes) is 1. The van der Waals surface area contributed by atoms with Crippen molar-refractivity contribution < 1.29 is 13.2 Å². The summed E-state index contributed by atoms with van der Waals surface area (Å²) in [6.45, 7) is 8.28. The molecule has 0 aliphatic rings. The first kappa shape index (κ1) is 22.3. The smallest absolute Gasteiger partial charge is 0.243 e. The van der Waals surface area contributed by atoms with Gasteiger partial charge in [-0.1, -0.05) is 38.8 Å². The van der Waals surface area contributed by atoms with Crippen LogP contribution in [0.3, 0.4) is 0 Å². The molecule has 0 bridgehead atoms. The Morgan fingerprint density at radius 1 is 1.28 bits per heavy atom. The van der Waals surface area contributed by atoms with Crippen molar-refractivity contribution >= 4 is 45.0 Å². The zero-order valence-corrected chi connectivity index (χ0v) is 17.6. The fourth-order valence-corrected chi connectivity index (χ4v) is 4.86. The average molecular weight is 407 g/mol. The minimum absolute atomic E-state index is 0.127. The van der Waals surface area contributed by atoms with Crippen molar-refractivity contribution in [1.82, 2.24) is 4.31 Å². The van der Waals surface area contributed by atoms with Gasteiger partial charge in [-0.25, -0.2) is 8.42 Å². The Hall–Kier alpha value is -0.760. The molecule has 0 fully saturated rings. The lowest BCUT2D eigenvalue weighted by Crippen LogP contribution is -2.30. The van der Waals surface area contributed by atoms with Crippen LogP contribution in [-0.4, -0.2) is 42.7 Å². The predicted octanol–water partition coefficient (Wildman–Crippen LogP) is 4.23. The van der Waals surface area contributed by atoms with Gasteiger partial charge in [0.05, 0.1) is 20.9 Å². The predicted molar refractivity (Wildman–Crippen MR) is 107 cm³/mol. The van der Waals surface area contributed by atoms with Crippen molar-refractivity contribution in [3.63, 3.8) is 0 Å². The van der Waals surface area contributed by atoms with E-state index in [2.05, 4.69) is 12.2 Å². The van der Waals surface area contributed by atoms with Gasteiger partial charge >= 0.3 is 0 Å². The number of thioether (sulfide) groups is 1. The molecule has 0 saturated heterocycles. The molecule has 0 saturated carbocycles. The van der Waals surface area contributed by atoms with Crippen LogP contribution in [0.1, 0.15) is 40.5 Å². The molecule has 1 aromatic rings. The molecule has 1 unspecified atom stereocenters. The molecule has 0 aliphatic heterocycles. The van der Waals surface area contributed by atoms with Gasteiger partial charge in [0.15, 0.2) is 0 Å². The van der Waals surface area contributed by atoms with Gasteiger partial charge in [-0.2, -0.15) is 4.31 Å². The van der Waals surface area contributed by atoms with E-state index in [0.717, 1.165) is 18.6 Å². The third kappa shape index (κ3) is 6.16. The molecular formula is C17H27ClN2O3S2. The zero-order valence-electron chi connectivity index (χ0n) is 15.2. The first-order valence-corrected chi connectivity index (χ1v) is 11.4. The molecule has 1 N–H and O–H groups in total. The zero-order chi connectivity index (χ0) is 19.0. The molecule has 1 rings (SSSR count). The number of amides is 1. The number of nitrogens with one attached hydrogen (secondary N) is 1. The molecule has 1 aromatic carbocycles. The number of rotatable bonds is 10. The lowest BCUT2D eigenvalue weighted by molar-refractivity contribution is -0.115. The summed E-state index contributed by atoms with van der Waals surface area (Å²) >= 11 is 7.71. The minimum atomic E-state index is -3.60. The molecular weight excluding hydrogens is 380 g/mol. The topological polar surface area (TPSA) is 66.5 Å².